The van der Waals surface area contributed by atoms with Crippen molar-refractivity contribution >= 4 is 29.5 Å². The Bertz CT molecular complexity index is 1110. The highest BCUT2D eigenvalue weighted by atomic mass is 16.6. The summed E-state index contributed by atoms with van der Waals surface area (Å²) in [6.45, 7) is 7.73. The van der Waals surface area contributed by atoms with E-state index in [1.807, 2.05) is 37.3 Å². The number of nitrogens with one attached hydrogen (secondary N) is 3. The van der Waals surface area contributed by atoms with Crippen LogP contribution in [0.4, 0.5) is 10.5 Å². The molecule has 4 atom stereocenters. The van der Waals surface area contributed by atoms with Crippen molar-refractivity contribution in [3.63, 3.8) is 0 Å². The normalized spacial score (nSPS) is 27.8. The zero-order valence-corrected chi connectivity index (χ0v) is 23.5. The summed E-state index contributed by atoms with van der Waals surface area (Å²) in [5.41, 5.74) is 0.0211. The molecule has 0 spiro atoms. The second-order valence-electron chi connectivity index (χ2n) is 12.0. The van der Waals surface area contributed by atoms with Crippen molar-refractivity contribution in [2.24, 2.45) is 5.92 Å². The average Bonchev–Trinajstić information content (AvgIpc) is 3.32. The molecule has 4 rings (SSSR count). The van der Waals surface area contributed by atoms with E-state index in [0.717, 1.165) is 31.2 Å². The molecular weight excluding hydrogens is 496 g/mol. The van der Waals surface area contributed by atoms with Crippen molar-refractivity contribution in [3.05, 3.63) is 42.0 Å². The van der Waals surface area contributed by atoms with Gasteiger partial charge in [-0.15, -0.1) is 0 Å². The smallest absolute Gasteiger partial charge is 0.408 e. The molecule has 1 saturated carbocycles. The zero-order valence-electron chi connectivity index (χ0n) is 23.5. The van der Waals surface area contributed by atoms with Crippen LogP contribution >= 0.6 is 0 Å². The lowest BCUT2D eigenvalue weighted by Gasteiger charge is -2.30. The molecule has 1 aromatic carbocycles. The van der Waals surface area contributed by atoms with E-state index < -0.39 is 29.3 Å². The number of nitrogens with zero attached hydrogens (tertiary/aromatic N) is 1. The summed E-state index contributed by atoms with van der Waals surface area (Å²) in [6.07, 6.45) is 9.07. The molecule has 1 aromatic rings. The van der Waals surface area contributed by atoms with Crippen LogP contribution < -0.4 is 16.0 Å². The molecule has 0 radical (unpaired) electrons. The molecule has 1 aliphatic carbocycles. The number of ether oxygens (including phenoxy) is 1. The molecule has 2 fully saturated rings. The fourth-order valence-corrected chi connectivity index (χ4v) is 5.42. The fourth-order valence-electron chi connectivity index (χ4n) is 5.42. The number of hydrogen-bond donors (Lipinski definition) is 3. The van der Waals surface area contributed by atoms with E-state index in [4.69, 9.17) is 4.74 Å². The number of carbonyl (C=O) groups excluding carboxylic acids is 4. The molecule has 9 heteroatoms. The van der Waals surface area contributed by atoms with Crippen molar-refractivity contribution < 1.29 is 23.9 Å². The topological polar surface area (TPSA) is 117 Å². The maximum Gasteiger partial charge on any atom is 0.408 e. The summed E-state index contributed by atoms with van der Waals surface area (Å²) >= 11 is 0. The predicted molar refractivity (Wildman–Crippen MR) is 149 cm³/mol. The fraction of sp³-hybridized carbons (Fsp3) is 0.600. The minimum Gasteiger partial charge on any atom is -0.444 e. The lowest BCUT2D eigenvalue weighted by atomic mass is 10.0. The quantitative estimate of drug-likeness (QED) is 0.499. The van der Waals surface area contributed by atoms with Crippen molar-refractivity contribution in [2.45, 2.75) is 102 Å². The number of fused-ring (bicyclic) bond motifs is 2. The Balaban J connectivity index is 1.54. The van der Waals surface area contributed by atoms with Crippen LogP contribution in [0, 0.1) is 12.8 Å². The second-order valence-corrected chi connectivity index (χ2v) is 12.0. The summed E-state index contributed by atoms with van der Waals surface area (Å²) in [7, 11) is 0. The van der Waals surface area contributed by atoms with E-state index in [1.54, 1.807) is 25.7 Å². The Labute approximate surface area is 231 Å². The minimum atomic E-state index is -1.05. The first-order valence-electron chi connectivity index (χ1n) is 14.2. The highest BCUT2D eigenvalue weighted by Gasteiger charge is 2.60. The maximum absolute atomic E-state index is 13.7. The maximum atomic E-state index is 13.7. The van der Waals surface area contributed by atoms with E-state index >= 15 is 0 Å². The molecule has 0 aromatic heterocycles. The largest absolute Gasteiger partial charge is 0.444 e. The van der Waals surface area contributed by atoms with Gasteiger partial charge in [0.25, 0.3) is 5.91 Å². The SMILES string of the molecule is Cc1ccc(NC(=O)[C@@]23C[C@H]2C=CCCCCC[C@H](NC(=O)OC(C)(C)C)C(=O)N2CCC[C@H]2C(=O)N3)cc1. The van der Waals surface area contributed by atoms with E-state index in [9.17, 15) is 19.2 Å². The van der Waals surface area contributed by atoms with E-state index in [0.29, 0.717) is 37.9 Å². The van der Waals surface area contributed by atoms with Crippen molar-refractivity contribution in [1.29, 1.82) is 0 Å². The van der Waals surface area contributed by atoms with Gasteiger partial charge in [0.05, 0.1) is 0 Å². The monoisotopic (exact) mass is 538 g/mol. The molecule has 9 nitrogen and oxygen atoms in total. The number of allylic oxidation sites excluding steroid dienone is 1. The van der Waals surface area contributed by atoms with Crippen LogP contribution in [0.15, 0.2) is 36.4 Å². The number of rotatable bonds is 3. The highest BCUT2D eigenvalue weighted by molar-refractivity contribution is 6.04. The molecule has 3 aliphatic rings. The Morgan fingerprint density at radius 1 is 1.05 bits per heavy atom. The number of aryl methyl sites for hydroxylation is 1. The molecule has 0 unspecified atom stereocenters. The molecule has 3 N–H and O–H groups in total. The Hall–Kier alpha value is -3.36. The Kier molecular flexibility index (Phi) is 8.67. The van der Waals surface area contributed by atoms with Crippen LogP contribution in [0.1, 0.15) is 77.7 Å². The van der Waals surface area contributed by atoms with Crippen LogP contribution in [0.2, 0.25) is 0 Å². The van der Waals surface area contributed by atoms with E-state index in [-0.39, 0.29) is 23.6 Å². The van der Waals surface area contributed by atoms with Crippen LogP contribution in [0.5, 0.6) is 0 Å². The molecular formula is C30H42N4O5. The van der Waals surface area contributed by atoms with E-state index in [2.05, 4.69) is 22.0 Å². The third-order valence-electron chi connectivity index (χ3n) is 7.64. The minimum absolute atomic E-state index is 0.107. The van der Waals surface area contributed by atoms with Crippen LogP contribution in [0.3, 0.4) is 0 Å². The average molecular weight is 539 g/mol. The van der Waals surface area contributed by atoms with Gasteiger partial charge in [-0.2, -0.15) is 0 Å². The summed E-state index contributed by atoms with van der Waals surface area (Å²) in [5, 5.41) is 8.77. The molecule has 4 amide bonds. The first-order valence-corrected chi connectivity index (χ1v) is 14.2. The van der Waals surface area contributed by atoms with Gasteiger partial charge in [0.2, 0.25) is 11.8 Å². The van der Waals surface area contributed by atoms with Gasteiger partial charge in [0.15, 0.2) is 0 Å². The molecule has 0 bridgehead atoms. The van der Waals surface area contributed by atoms with Gasteiger partial charge in [-0.05, 0) is 78.4 Å². The summed E-state index contributed by atoms with van der Waals surface area (Å²) in [5.74, 6) is -0.970. The summed E-state index contributed by atoms with van der Waals surface area (Å²) in [4.78, 5) is 54.9. The zero-order chi connectivity index (χ0) is 28.2. The van der Waals surface area contributed by atoms with Gasteiger partial charge >= 0.3 is 6.09 Å². The number of amides is 4. The highest BCUT2D eigenvalue weighted by Crippen LogP contribution is 2.46. The van der Waals surface area contributed by atoms with Gasteiger partial charge in [-0.3, -0.25) is 14.4 Å². The Morgan fingerprint density at radius 3 is 2.51 bits per heavy atom. The van der Waals surface area contributed by atoms with Gasteiger partial charge in [0.1, 0.15) is 23.2 Å². The molecule has 2 heterocycles. The molecule has 39 heavy (non-hydrogen) atoms. The van der Waals surface area contributed by atoms with Gasteiger partial charge < -0.3 is 25.6 Å². The first kappa shape index (κ1) is 28.6. The first-order chi connectivity index (χ1) is 18.5. The lowest BCUT2D eigenvalue weighted by Crippen LogP contribution is -2.57. The van der Waals surface area contributed by atoms with Crippen molar-refractivity contribution in [1.82, 2.24) is 15.5 Å². The van der Waals surface area contributed by atoms with Crippen LogP contribution in [-0.2, 0) is 19.1 Å². The number of carbonyl (C=O) groups is 4. The van der Waals surface area contributed by atoms with Crippen LogP contribution in [0.25, 0.3) is 0 Å². The number of anilines is 1. The number of hydrogen-bond acceptors (Lipinski definition) is 5. The third kappa shape index (κ3) is 7.19. The standard InChI is InChI=1S/C30H42N4O5/c1-20-14-16-22(17-15-20)31-27(37)30-19-21(30)11-8-6-5-7-9-12-23(32-28(38)39-29(2,3)4)26(36)34-18-10-13-24(34)25(35)33-30/h8,11,14-17,21,23-24H,5-7,9-10,12-13,18-19H2,1-4H3,(H,31,37)(H,32,38)(H,33,35)/t21-,23+,24+,30-/m1/s1. The van der Waals surface area contributed by atoms with Crippen LogP contribution in [-0.4, -0.2) is 58.5 Å². The summed E-state index contributed by atoms with van der Waals surface area (Å²) < 4.78 is 5.41. The van der Waals surface area contributed by atoms with E-state index in [1.165, 1.54) is 0 Å². The number of alkyl carbamates (subject to hydrolysis) is 1. The third-order valence-corrected chi connectivity index (χ3v) is 7.64. The van der Waals surface area contributed by atoms with Crippen molar-refractivity contribution in [2.75, 3.05) is 11.9 Å². The number of benzene rings is 1. The summed E-state index contributed by atoms with van der Waals surface area (Å²) in [6, 6.07) is 6.08. The molecule has 212 valence electrons. The molecule has 2 aliphatic heterocycles. The van der Waals surface area contributed by atoms with Gasteiger partial charge in [-0.1, -0.05) is 42.7 Å². The van der Waals surface area contributed by atoms with Gasteiger partial charge in [-0.25, -0.2) is 4.79 Å². The predicted octanol–water partition coefficient (Wildman–Crippen LogP) is 4.21. The molecule has 1 saturated heterocycles. The lowest BCUT2D eigenvalue weighted by molar-refractivity contribution is -0.141. The Morgan fingerprint density at radius 2 is 1.79 bits per heavy atom. The second kappa shape index (κ2) is 11.8. The van der Waals surface area contributed by atoms with Crippen molar-refractivity contribution in [3.8, 4) is 0 Å². The van der Waals surface area contributed by atoms with Gasteiger partial charge in [0, 0.05) is 18.2 Å².